The van der Waals surface area contributed by atoms with Crippen LogP contribution in [-0.2, 0) is 16.0 Å². The number of benzene rings is 1. The molecular weight excluding hydrogens is 274 g/mol. The lowest BCUT2D eigenvalue weighted by atomic mass is 10.2. The van der Waals surface area contributed by atoms with Crippen LogP contribution in [0, 0.1) is 11.3 Å². The molecule has 102 valence electrons. The summed E-state index contributed by atoms with van der Waals surface area (Å²) in [6.45, 7) is 2.14. The van der Waals surface area contributed by atoms with Gasteiger partial charge in [0, 0.05) is 11.1 Å². The van der Waals surface area contributed by atoms with Crippen molar-refractivity contribution in [2.75, 3.05) is 11.9 Å². The number of esters is 1. The van der Waals surface area contributed by atoms with E-state index in [1.807, 2.05) is 11.4 Å². The maximum atomic E-state index is 11.3. The van der Waals surface area contributed by atoms with Gasteiger partial charge < -0.3 is 10.1 Å². The molecular formula is C14H13N3O2S. The van der Waals surface area contributed by atoms with Crippen LogP contribution in [0.4, 0.5) is 10.8 Å². The topological polar surface area (TPSA) is 75.0 Å². The van der Waals surface area contributed by atoms with Crippen LogP contribution in [0.15, 0.2) is 29.6 Å². The summed E-state index contributed by atoms with van der Waals surface area (Å²) in [5.41, 5.74) is 2.05. The van der Waals surface area contributed by atoms with Crippen LogP contribution in [0.2, 0.25) is 0 Å². The monoisotopic (exact) mass is 287 g/mol. The molecule has 0 radical (unpaired) electrons. The first-order valence-electron chi connectivity index (χ1n) is 6.08. The number of hydrogen-bond acceptors (Lipinski definition) is 6. The summed E-state index contributed by atoms with van der Waals surface area (Å²) in [5.74, 6) is -0.282. The summed E-state index contributed by atoms with van der Waals surface area (Å²) in [6.07, 6.45) is 0.171. The average molecular weight is 287 g/mol. The van der Waals surface area contributed by atoms with Gasteiger partial charge in [-0.2, -0.15) is 5.26 Å². The Morgan fingerprint density at radius 2 is 2.40 bits per heavy atom. The predicted octanol–water partition coefficient (Wildman–Crippen LogP) is 2.86. The third-order valence-electron chi connectivity index (χ3n) is 2.43. The van der Waals surface area contributed by atoms with Crippen LogP contribution in [0.3, 0.4) is 0 Å². The summed E-state index contributed by atoms with van der Waals surface area (Å²) in [4.78, 5) is 15.7. The molecule has 0 aliphatic carbocycles. The van der Waals surface area contributed by atoms with Crippen LogP contribution in [0.25, 0.3) is 0 Å². The van der Waals surface area contributed by atoms with Gasteiger partial charge in [0.05, 0.1) is 30.4 Å². The molecule has 2 aromatic rings. The fraction of sp³-hybridized carbons (Fsp3) is 0.214. The highest BCUT2D eigenvalue weighted by molar-refractivity contribution is 7.13. The molecule has 1 heterocycles. The lowest BCUT2D eigenvalue weighted by molar-refractivity contribution is -0.142. The number of nitrogens with one attached hydrogen (secondary N) is 1. The molecule has 0 spiro atoms. The van der Waals surface area contributed by atoms with Crippen molar-refractivity contribution in [1.82, 2.24) is 4.98 Å². The van der Waals surface area contributed by atoms with Gasteiger partial charge in [0.2, 0.25) is 0 Å². The zero-order valence-corrected chi connectivity index (χ0v) is 11.7. The van der Waals surface area contributed by atoms with Crippen molar-refractivity contribution < 1.29 is 9.53 Å². The first kappa shape index (κ1) is 14.0. The van der Waals surface area contributed by atoms with E-state index in [0.717, 1.165) is 5.69 Å². The number of ether oxygens (including phenoxy) is 1. The Balaban J connectivity index is 2.02. The normalized spacial score (nSPS) is 9.80. The lowest BCUT2D eigenvalue weighted by Gasteiger charge is -2.02. The largest absolute Gasteiger partial charge is 0.466 e. The number of thiazole rings is 1. The molecule has 20 heavy (non-hydrogen) atoms. The van der Waals surface area contributed by atoms with E-state index in [2.05, 4.69) is 16.4 Å². The van der Waals surface area contributed by atoms with Crippen molar-refractivity contribution in [1.29, 1.82) is 5.26 Å². The van der Waals surface area contributed by atoms with E-state index >= 15 is 0 Å². The van der Waals surface area contributed by atoms with E-state index < -0.39 is 0 Å². The molecule has 6 heteroatoms. The molecule has 5 nitrogen and oxygen atoms in total. The first-order valence-corrected chi connectivity index (χ1v) is 6.96. The maximum absolute atomic E-state index is 11.3. The van der Waals surface area contributed by atoms with Crippen LogP contribution in [0.5, 0.6) is 0 Å². The number of carbonyl (C=O) groups excluding carboxylic acids is 1. The molecule has 0 fully saturated rings. The standard InChI is InChI=1S/C14H13N3O2S/c1-2-19-13(18)7-12-9-20-14(17-12)16-11-5-3-4-10(6-11)8-15/h3-6,9H,2,7H2,1H3,(H,16,17). The molecule has 0 amide bonds. The van der Waals surface area contributed by atoms with Crippen LogP contribution in [0.1, 0.15) is 18.2 Å². The maximum Gasteiger partial charge on any atom is 0.311 e. The second kappa shape index (κ2) is 6.68. The zero-order chi connectivity index (χ0) is 14.4. The van der Waals surface area contributed by atoms with Crippen molar-refractivity contribution in [2.45, 2.75) is 13.3 Å². The fourth-order valence-electron chi connectivity index (χ4n) is 1.60. The summed E-state index contributed by atoms with van der Waals surface area (Å²) < 4.78 is 4.87. The molecule has 1 aromatic carbocycles. The van der Waals surface area contributed by atoms with Gasteiger partial charge in [-0.3, -0.25) is 4.79 Å². The fourth-order valence-corrected chi connectivity index (χ4v) is 2.33. The van der Waals surface area contributed by atoms with Gasteiger partial charge in [-0.1, -0.05) is 6.07 Å². The Bertz CT molecular complexity index is 646. The number of rotatable bonds is 5. The van der Waals surface area contributed by atoms with E-state index in [4.69, 9.17) is 10.00 Å². The van der Waals surface area contributed by atoms with E-state index in [0.29, 0.717) is 23.0 Å². The van der Waals surface area contributed by atoms with Crippen molar-refractivity contribution in [3.05, 3.63) is 40.9 Å². The molecule has 0 saturated heterocycles. The molecule has 1 N–H and O–H groups in total. The van der Waals surface area contributed by atoms with Gasteiger partial charge in [0.15, 0.2) is 5.13 Å². The van der Waals surface area contributed by atoms with Crippen LogP contribution < -0.4 is 5.32 Å². The highest BCUT2D eigenvalue weighted by Gasteiger charge is 2.08. The van der Waals surface area contributed by atoms with Crippen LogP contribution in [-0.4, -0.2) is 17.6 Å². The van der Waals surface area contributed by atoms with Crippen molar-refractivity contribution >= 4 is 28.1 Å². The van der Waals surface area contributed by atoms with Crippen molar-refractivity contribution in [3.63, 3.8) is 0 Å². The number of nitrogens with zero attached hydrogens (tertiary/aromatic N) is 2. The summed E-state index contributed by atoms with van der Waals surface area (Å²) in [6, 6.07) is 9.21. The second-order valence-corrected chi connectivity index (χ2v) is 4.80. The van der Waals surface area contributed by atoms with E-state index in [-0.39, 0.29) is 12.4 Å². The minimum atomic E-state index is -0.282. The van der Waals surface area contributed by atoms with E-state index in [1.54, 1.807) is 25.1 Å². The Hall–Kier alpha value is -2.39. The quantitative estimate of drug-likeness (QED) is 0.856. The zero-order valence-electron chi connectivity index (χ0n) is 10.9. The highest BCUT2D eigenvalue weighted by atomic mass is 32.1. The molecule has 2 rings (SSSR count). The summed E-state index contributed by atoms with van der Waals surface area (Å²) in [7, 11) is 0. The number of aromatic nitrogens is 1. The minimum Gasteiger partial charge on any atom is -0.466 e. The summed E-state index contributed by atoms with van der Waals surface area (Å²) in [5, 5.41) is 14.4. The molecule has 0 aliphatic rings. The van der Waals surface area contributed by atoms with E-state index in [1.165, 1.54) is 11.3 Å². The van der Waals surface area contributed by atoms with Crippen molar-refractivity contribution in [3.8, 4) is 6.07 Å². The highest BCUT2D eigenvalue weighted by Crippen LogP contribution is 2.21. The second-order valence-electron chi connectivity index (χ2n) is 3.94. The molecule has 0 aliphatic heterocycles. The SMILES string of the molecule is CCOC(=O)Cc1csc(Nc2cccc(C#N)c2)n1. The predicted molar refractivity (Wildman–Crippen MR) is 76.9 cm³/mol. The number of hydrogen-bond donors (Lipinski definition) is 1. The Morgan fingerprint density at radius 1 is 1.55 bits per heavy atom. The van der Waals surface area contributed by atoms with Gasteiger partial charge in [-0.05, 0) is 25.1 Å². The smallest absolute Gasteiger partial charge is 0.311 e. The molecule has 0 unspecified atom stereocenters. The summed E-state index contributed by atoms with van der Waals surface area (Å²) >= 11 is 1.41. The molecule has 0 atom stereocenters. The van der Waals surface area contributed by atoms with Gasteiger partial charge >= 0.3 is 5.97 Å². The average Bonchev–Trinajstić information content (AvgIpc) is 2.86. The minimum absolute atomic E-state index is 0.171. The molecule has 0 saturated carbocycles. The molecule has 0 bridgehead atoms. The molecule has 1 aromatic heterocycles. The lowest BCUT2D eigenvalue weighted by Crippen LogP contribution is -2.07. The number of anilines is 2. The Morgan fingerprint density at radius 3 is 3.15 bits per heavy atom. The van der Waals surface area contributed by atoms with Gasteiger partial charge in [0.1, 0.15) is 0 Å². The van der Waals surface area contributed by atoms with Gasteiger partial charge in [-0.15, -0.1) is 11.3 Å². The van der Waals surface area contributed by atoms with Crippen LogP contribution >= 0.6 is 11.3 Å². The van der Waals surface area contributed by atoms with Gasteiger partial charge in [-0.25, -0.2) is 4.98 Å². The number of carbonyl (C=O) groups is 1. The Kier molecular flexibility index (Phi) is 4.69. The van der Waals surface area contributed by atoms with Gasteiger partial charge in [0.25, 0.3) is 0 Å². The third-order valence-corrected chi connectivity index (χ3v) is 3.23. The third kappa shape index (κ3) is 3.80. The van der Waals surface area contributed by atoms with Crippen molar-refractivity contribution in [2.24, 2.45) is 0 Å². The number of nitriles is 1. The first-order chi connectivity index (χ1) is 9.71. The van der Waals surface area contributed by atoms with E-state index in [9.17, 15) is 4.79 Å². The Labute approximate surface area is 120 Å².